The lowest BCUT2D eigenvalue weighted by molar-refractivity contribution is 0.119. The number of halogens is 1. The largest absolute Gasteiger partial charge is 0.357 e. The van der Waals surface area contributed by atoms with Crippen LogP contribution in [0.15, 0.2) is 4.99 Å². The van der Waals surface area contributed by atoms with Gasteiger partial charge < -0.3 is 15.1 Å². The molecule has 2 rings (SSSR count). The Bertz CT molecular complexity index is 388. The van der Waals surface area contributed by atoms with E-state index in [4.69, 9.17) is 4.99 Å². The van der Waals surface area contributed by atoms with Crippen molar-refractivity contribution in [2.45, 2.75) is 39.7 Å². The highest BCUT2D eigenvalue weighted by molar-refractivity contribution is 14.0. The zero-order valence-electron chi connectivity index (χ0n) is 16.3. The first kappa shape index (κ1) is 22.0. The van der Waals surface area contributed by atoms with E-state index in [1.165, 1.54) is 25.9 Å². The highest BCUT2D eigenvalue weighted by Gasteiger charge is 2.26. The molecule has 5 nitrogen and oxygen atoms in total. The molecule has 2 atom stereocenters. The number of nitrogens with zero attached hydrogens (tertiary/aromatic N) is 4. The summed E-state index contributed by atoms with van der Waals surface area (Å²) in [6.07, 6.45) is 2.65. The molecule has 0 aromatic carbocycles. The molecule has 24 heavy (non-hydrogen) atoms. The van der Waals surface area contributed by atoms with Gasteiger partial charge in [0.05, 0.1) is 6.54 Å². The molecule has 0 amide bonds. The van der Waals surface area contributed by atoms with Gasteiger partial charge in [0.25, 0.3) is 0 Å². The van der Waals surface area contributed by atoms with E-state index >= 15 is 0 Å². The summed E-state index contributed by atoms with van der Waals surface area (Å²) in [6, 6.07) is 0.538. The zero-order chi connectivity index (χ0) is 16.8. The SMILES string of the molecule is CCNC(=NCC1CN(C)CCN1C)N1CCC(CC(C)C)C1.I. The molecule has 6 heteroatoms. The Balaban J connectivity index is 0.00000288. The van der Waals surface area contributed by atoms with Crippen LogP contribution in [0.3, 0.4) is 0 Å². The van der Waals surface area contributed by atoms with Gasteiger partial charge in [-0.3, -0.25) is 9.89 Å². The van der Waals surface area contributed by atoms with Crippen molar-refractivity contribution in [3.05, 3.63) is 0 Å². The van der Waals surface area contributed by atoms with Crippen molar-refractivity contribution >= 4 is 29.9 Å². The van der Waals surface area contributed by atoms with Crippen molar-refractivity contribution in [3.63, 3.8) is 0 Å². The predicted molar refractivity (Wildman–Crippen MR) is 114 cm³/mol. The van der Waals surface area contributed by atoms with Gasteiger partial charge in [0, 0.05) is 45.3 Å². The number of likely N-dealkylation sites (N-methyl/N-ethyl adjacent to an activating group) is 2. The Morgan fingerprint density at radius 2 is 1.92 bits per heavy atom. The van der Waals surface area contributed by atoms with Crippen molar-refractivity contribution in [2.24, 2.45) is 16.8 Å². The predicted octanol–water partition coefficient (Wildman–Crippen LogP) is 2.18. The second kappa shape index (κ2) is 10.8. The topological polar surface area (TPSA) is 34.1 Å². The third kappa shape index (κ3) is 6.67. The molecule has 0 spiro atoms. The van der Waals surface area contributed by atoms with Gasteiger partial charge in [-0.2, -0.15) is 0 Å². The fraction of sp³-hybridized carbons (Fsp3) is 0.944. The quantitative estimate of drug-likeness (QED) is 0.395. The number of guanidine groups is 1. The molecular weight excluding hydrogens is 413 g/mol. The van der Waals surface area contributed by atoms with Crippen LogP contribution in [-0.2, 0) is 0 Å². The summed E-state index contributed by atoms with van der Waals surface area (Å²) in [4.78, 5) is 12.3. The molecule has 2 unspecified atom stereocenters. The van der Waals surface area contributed by atoms with Crippen LogP contribution in [0.2, 0.25) is 0 Å². The van der Waals surface area contributed by atoms with E-state index in [2.05, 4.69) is 54.9 Å². The van der Waals surface area contributed by atoms with Gasteiger partial charge in [0.15, 0.2) is 5.96 Å². The number of aliphatic imine (C=N–C) groups is 1. The first-order valence-corrected chi connectivity index (χ1v) is 9.41. The molecule has 0 saturated carbocycles. The van der Waals surface area contributed by atoms with Crippen LogP contribution in [0.25, 0.3) is 0 Å². The third-order valence-corrected chi connectivity index (χ3v) is 5.16. The average Bonchev–Trinajstić information content (AvgIpc) is 2.94. The summed E-state index contributed by atoms with van der Waals surface area (Å²) in [5, 5.41) is 3.51. The van der Waals surface area contributed by atoms with E-state index in [1.54, 1.807) is 0 Å². The van der Waals surface area contributed by atoms with E-state index in [0.717, 1.165) is 50.5 Å². The highest BCUT2D eigenvalue weighted by Crippen LogP contribution is 2.23. The minimum atomic E-state index is 0. The van der Waals surface area contributed by atoms with Crippen molar-refractivity contribution in [1.82, 2.24) is 20.0 Å². The smallest absolute Gasteiger partial charge is 0.193 e. The molecule has 0 aliphatic carbocycles. The lowest BCUT2D eigenvalue weighted by atomic mass is 9.97. The number of hydrogen-bond acceptors (Lipinski definition) is 3. The van der Waals surface area contributed by atoms with E-state index < -0.39 is 0 Å². The van der Waals surface area contributed by atoms with E-state index in [1.807, 2.05) is 0 Å². The van der Waals surface area contributed by atoms with Crippen molar-refractivity contribution in [3.8, 4) is 0 Å². The monoisotopic (exact) mass is 451 g/mol. The van der Waals surface area contributed by atoms with Crippen LogP contribution in [0.5, 0.6) is 0 Å². The van der Waals surface area contributed by atoms with Gasteiger partial charge in [-0.1, -0.05) is 13.8 Å². The molecule has 0 aromatic heterocycles. The molecule has 0 aromatic rings. The maximum absolute atomic E-state index is 4.98. The highest BCUT2D eigenvalue weighted by atomic mass is 127. The van der Waals surface area contributed by atoms with Crippen LogP contribution in [0.4, 0.5) is 0 Å². The van der Waals surface area contributed by atoms with Crippen LogP contribution in [0, 0.1) is 11.8 Å². The molecule has 2 aliphatic rings. The average molecular weight is 451 g/mol. The van der Waals surface area contributed by atoms with Crippen molar-refractivity contribution < 1.29 is 0 Å². The number of nitrogens with one attached hydrogen (secondary N) is 1. The van der Waals surface area contributed by atoms with Gasteiger partial charge in [-0.15, -0.1) is 24.0 Å². The molecule has 0 radical (unpaired) electrons. The Labute approximate surface area is 166 Å². The number of piperazine rings is 1. The summed E-state index contributed by atoms with van der Waals surface area (Å²) in [6.45, 7) is 14.4. The lowest BCUT2D eigenvalue weighted by Gasteiger charge is -2.37. The molecular formula is C18H38IN5. The minimum Gasteiger partial charge on any atom is -0.357 e. The van der Waals surface area contributed by atoms with Gasteiger partial charge in [0.1, 0.15) is 0 Å². The molecule has 2 fully saturated rings. The van der Waals surface area contributed by atoms with Crippen molar-refractivity contribution in [1.29, 1.82) is 0 Å². The first-order valence-electron chi connectivity index (χ1n) is 9.41. The fourth-order valence-corrected chi connectivity index (χ4v) is 3.80. The standard InChI is InChI=1S/C18H37N5.HI/c1-6-19-18(23-8-7-16(13-23)11-15(2)3)20-12-17-14-21(4)9-10-22(17)5;/h15-17H,6-14H2,1-5H3,(H,19,20);1H. The Morgan fingerprint density at radius 1 is 1.17 bits per heavy atom. The normalized spacial score (nSPS) is 26.8. The Morgan fingerprint density at radius 3 is 2.58 bits per heavy atom. The number of likely N-dealkylation sites (tertiary alicyclic amines) is 1. The third-order valence-electron chi connectivity index (χ3n) is 5.16. The second-order valence-corrected chi connectivity index (χ2v) is 7.82. The summed E-state index contributed by atoms with van der Waals surface area (Å²) in [5.41, 5.74) is 0. The summed E-state index contributed by atoms with van der Waals surface area (Å²) in [5.74, 6) is 2.76. The maximum atomic E-state index is 4.98. The minimum absolute atomic E-state index is 0. The van der Waals surface area contributed by atoms with Crippen LogP contribution >= 0.6 is 24.0 Å². The summed E-state index contributed by atoms with van der Waals surface area (Å²) < 4.78 is 0. The molecule has 2 saturated heterocycles. The van der Waals surface area contributed by atoms with Crippen molar-refractivity contribution in [2.75, 3.05) is 59.9 Å². The Hall–Kier alpha value is -0.0800. The first-order chi connectivity index (χ1) is 11.0. The molecule has 2 aliphatic heterocycles. The summed E-state index contributed by atoms with van der Waals surface area (Å²) in [7, 11) is 4.44. The van der Waals surface area contributed by atoms with Gasteiger partial charge >= 0.3 is 0 Å². The molecule has 0 bridgehead atoms. The molecule has 2 heterocycles. The van der Waals surface area contributed by atoms with E-state index in [-0.39, 0.29) is 24.0 Å². The van der Waals surface area contributed by atoms with E-state index in [0.29, 0.717) is 6.04 Å². The zero-order valence-corrected chi connectivity index (χ0v) is 18.6. The number of hydrogen-bond donors (Lipinski definition) is 1. The second-order valence-electron chi connectivity index (χ2n) is 7.82. The Kier molecular flexibility index (Phi) is 9.89. The van der Waals surface area contributed by atoms with Gasteiger partial charge in [-0.25, -0.2) is 0 Å². The van der Waals surface area contributed by atoms with Crippen LogP contribution in [-0.4, -0.2) is 86.6 Å². The fourth-order valence-electron chi connectivity index (χ4n) is 3.80. The van der Waals surface area contributed by atoms with Crippen LogP contribution in [0.1, 0.15) is 33.6 Å². The van der Waals surface area contributed by atoms with E-state index in [9.17, 15) is 0 Å². The summed E-state index contributed by atoms with van der Waals surface area (Å²) >= 11 is 0. The van der Waals surface area contributed by atoms with Gasteiger partial charge in [-0.05, 0) is 45.7 Å². The molecule has 142 valence electrons. The number of rotatable bonds is 5. The van der Waals surface area contributed by atoms with Crippen LogP contribution < -0.4 is 5.32 Å². The maximum Gasteiger partial charge on any atom is 0.193 e. The lowest BCUT2D eigenvalue weighted by Crippen LogP contribution is -2.51. The molecule has 1 N–H and O–H groups in total. The van der Waals surface area contributed by atoms with Gasteiger partial charge in [0.2, 0.25) is 0 Å².